The Kier molecular flexibility index (Phi) is 3.73. The van der Waals surface area contributed by atoms with Crippen molar-refractivity contribution in [2.24, 2.45) is 5.73 Å². The molecule has 0 bridgehead atoms. The van der Waals surface area contributed by atoms with Gasteiger partial charge < -0.3 is 20.5 Å². The molecule has 0 atom stereocenters. The predicted molar refractivity (Wildman–Crippen MR) is 82.0 cm³/mol. The van der Waals surface area contributed by atoms with E-state index in [1.807, 2.05) is 6.07 Å². The Morgan fingerprint density at radius 1 is 1.14 bits per heavy atom. The Hall–Kier alpha value is -2.90. The van der Waals surface area contributed by atoms with Gasteiger partial charge >= 0.3 is 0 Å². The van der Waals surface area contributed by atoms with Crippen molar-refractivity contribution in [1.29, 1.82) is 0 Å². The van der Waals surface area contributed by atoms with Crippen LogP contribution < -0.4 is 21.1 Å². The molecule has 0 radical (unpaired) electrons. The van der Waals surface area contributed by atoms with Crippen LogP contribution >= 0.6 is 0 Å². The van der Waals surface area contributed by atoms with Gasteiger partial charge in [-0.15, -0.1) is 0 Å². The molecule has 114 valence electrons. The number of H-pyrrole nitrogens is 1. The van der Waals surface area contributed by atoms with Gasteiger partial charge in [-0.3, -0.25) is 9.59 Å². The van der Waals surface area contributed by atoms with Crippen molar-refractivity contribution in [1.82, 2.24) is 15.0 Å². The van der Waals surface area contributed by atoms with Crippen molar-refractivity contribution < 1.29 is 4.79 Å². The summed E-state index contributed by atoms with van der Waals surface area (Å²) in [6.07, 6.45) is 3.07. The van der Waals surface area contributed by atoms with Crippen LogP contribution in [0.2, 0.25) is 0 Å². The van der Waals surface area contributed by atoms with E-state index >= 15 is 0 Å². The molecule has 1 aliphatic rings. The van der Waals surface area contributed by atoms with E-state index in [2.05, 4.69) is 24.8 Å². The number of anilines is 2. The third kappa shape index (κ3) is 2.90. The highest BCUT2D eigenvalue weighted by Gasteiger charge is 2.19. The fraction of sp³-hybridized carbons (Fsp3) is 0.286. The third-order valence-corrected chi connectivity index (χ3v) is 3.64. The Labute approximate surface area is 126 Å². The van der Waals surface area contributed by atoms with E-state index < -0.39 is 5.91 Å². The lowest BCUT2D eigenvalue weighted by atomic mass is 10.2. The van der Waals surface area contributed by atoms with Crippen LogP contribution in [-0.2, 0) is 0 Å². The molecule has 2 aromatic rings. The van der Waals surface area contributed by atoms with E-state index in [4.69, 9.17) is 5.73 Å². The number of primary amides is 1. The maximum absolute atomic E-state index is 11.2. The van der Waals surface area contributed by atoms with Crippen molar-refractivity contribution in [3.05, 3.63) is 46.8 Å². The number of hydrogen-bond acceptors (Lipinski definition) is 6. The third-order valence-electron chi connectivity index (χ3n) is 3.64. The van der Waals surface area contributed by atoms with Crippen LogP contribution in [-0.4, -0.2) is 47.0 Å². The number of rotatable bonds is 3. The molecule has 2 aromatic heterocycles. The zero-order valence-corrected chi connectivity index (χ0v) is 11.9. The van der Waals surface area contributed by atoms with E-state index in [1.165, 1.54) is 12.4 Å². The maximum Gasteiger partial charge on any atom is 0.267 e. The molecular weight excluding hydrogens is 284 g/mol. The molecule has 0 saturated carbocycles. The number of aromatic amines is 1. The highest BCUT2D eigenvalue weighted by molar-refractivity contribution is 5.91. The molecule has 22 heavy (non-hydrogen) atoms. The Bertz CT molecular complexity index is 716. The molecule has 0 aliphatic carbocycles. The van der Waals surface area contributed by atoms with E-state index in [1.54, 1.807) is 12.3 Å². The second-order valence-electron chi connectivity index (χ2n) is 5.01. The number of piperazine rings is 1. The van der Waals surface area contributed by atoms with Gasteiger partial charge in [0.05, 0.1) is 5.69 Å². The normalized spacial score (nSPS) is 14.9. The van der Waals surface area contributed by atoms with Crippen LogP contribution in [0.5, 0.6) is 0 Å². The summed E-state index contributed by atoms with van der Waals surface area (Å²) < 4.78 is 0. The van der Waals surface area contributed by atoms with E-state index in [9.17, 15) is 9.59 Å². The summed E-state index contributed by atoms with van der Waals surface area (Å²) in [4.78, 5) is 37.3. The van der Waals surface area contributed by atoms with Crippen LogP contribution in [0.1, 0.15) is 10.5 Å². The van der Waals surface area contributed by atoms with Crippen LogP contribution in [0.25, 0.3) is 0 Å². The molecule has 8 nitrogen and oxygen atoms in total. The molecule has 0 aromatic carbocycles. The van der Waals surface area contributed by atoms with Gasteiger partial charge in [-0.2, -0.15) is 0 Å². The summed E-state index contributed by atoms with van der Waals surface area (Å²) >= 11 is 0. The first kappa shape index (κ1) is 14.1. The molecule has 3 rings (SSSR count). The minimum atomic E-state index is -0.560. The van der Waals surface area contributed by atoms with Crippen LogP contribution in [0, 0.1) is 0 Å². The highest BCUT2D eigenvalue weighted by atomic mass is 16.1. The zero-order valence-electron chi connectivity index (χ0n) is 11.9. The van der Waals surface area contributed by atoms with Gasteiger partial charge in [0, 0.05) is 44.5 Å². The van der Waals surface area contributed by atoms with Gasteiger partial charge in [-0.25, -0.2) is 9.97 Å². The lowest BCUT2D eigenvalue weighted by Crippen LogP contribution is -2.47. The highest BCUT2D eigenvalue weighted by Crippen LogP contribution is 2.17. The summed E-state index contributed by atoms with van der Waals surface area (Å²) in [7, 11) is 0. The molecule has 1 aliphatic heterocycles. The predicted octanol–water partition coefficient (Wildman–Crippen LogP) is -0.410. The SMILES string of the molecule is NC(=O)c1cc(N2CCN(c3ccc(=O)[nH]c3)CC2)ncn1. The largest absolute Gasteiger partial charge is 0.367 e. The Morgan fingerprint density at radius 3 is 2.50 bits per heavy atom. The summed E-state index contributed by atoms with van der Waals surface area (Å²) in [5.41, 5.74) is 6.33. The number of nitrogens with one attached hydrogen (secondary N) is 1. The number of amides is 1. The van der Waals surface area contributed by atoms with Gasteiger partial charge in [-0.05, 0) is 6.07 Å². The van der Waals surface area contributed by atoms with Crippen molar-refractivity contribution in [3.63, 3.8) is 0 Å². The zero-order chi connectivity index (χ0) is 15.5. The van der Waals surface area contributed by atoms with E-state index in [0.717, 1.165) is 31.9 Å². The fourth-order valence-electron chi connectivity index (χ4n) is 2.45. The second-order valence-corrected chi connectivity index (χ2v) is 5.01. The minimum Gasteiger partial charge on any atom is -0.367 e. The lowest BCUT2D eigenvalue weighted by molar-refractivity contribution is 0.0995. The maximum atomic E-state index is 11.2. The number of nitrogens with two attached hydrogens (primary N) is 1. The molecule has 1 saturated heterocycles. The molecule has 0 unspecified atom stereocenters. The first-order valence-corrected chi connectivity index (χ1v) is 6.94. The Balaban J connectivity index is 1.69. The van der Waals surface area contributed by atoms with Crippen LogP contribution in [0.3, 0.4) is 0 Å². The first-order chi connectivity index (χ1) is 10.6. The number of aromatic nitrogens is 3. The topological polar surface area (TPSA) is 108 Å². The molecule has 8 heteroatoms. The quantitative estimate of drug-likeness (QED) is 0.798. The van der Waals surface area contributed by atoms with Crippen molar-refractivity contribution >= 4 is 17.4 Å². The number of carbonyl (C=O) groups is 1. The molecule has 3 heterocycles. The van der Waals surface area contributed by atoms with Crippen LogP contribution in [0.15, 0.2) is 35.5 Å². The second kappa shape index (κ2) is 5.84. The van der Waals surface area contributed by atoms with Crippen LogP contribution in [0.4, 0.5) is 11.5 Å². The number of carbonyl (C=O) groups excluding carboxylic acids is 1. The Morgan fingerprint density at radius 2 is 1.86 bits per heavy atom. The van der Waals surface area contributed by atoms with Gasteiger partial charge in [0.15, 0.2) is 0 Å². The van der Waals surface area contributed by atoms with Crippen molar-refractivity contribution in [2.45, 2.75) is 0 Å². The summed E-state index contributed by atoms with van der Waals surface area (Å²) in [6.45, 7) is 3.10. The summed E-state index contributed by atoms with van der Waals surface area (Å²) in [6, 6.07) is 4.94. The van der Waals surface area contributed by atoms with Gasteiger partial charge in [-0.1, -0.05) is 0 Å². The summed E-state index contributed by atoms with van der Waals surface area (Å²) in [5.74, 6) is 0.139. The molecule has 1 fully saturated rings. The number of pyridine rings is 1. The van der Waals surface area contributed by atoms with Gasteiger partial charge in [0.1, 0.15) is 17.8 Å². The molecule has 3 N–H and O–H groups in total. The molecular formula is C14H16N6O2. The lowest BCUT2D eigenvalue weighted by Gasteiger charge is -2.36. The number of nitrogens with zero attached hydrogens (tertiary/aromatic N) is 4. The van der Waals surface area contributed by atoms with E-state index in [0.29, 0.717) is 5.82 Å². The standard InChI is InChI=1S/C14H16N6O2/c15-14(22)11-7-12(18-9-17-11)20-5-3-19(4-6-20)10-1-2-13(21)16-8-10/h1-2,7-9H,3-6H2,(H2,15,22)(H,16,21). The van der Waals surface area contributed by atoms with Crippen molar-refractivity contribution in [2.75, 3.05) is 36.0 Å². The first-order valence-electron chi connectivity index (χ1n) is 6.94. The van der Waals surface area contributed by atoms with Crippen molar-refractivity contribution in [3.8, 4) is 0 Å². The van der Waals surface area contributed by atoms with E-state index in [-0.39, 0.29) is 11.3 Å². The number of hydrogen-bond donors (Lipinski definition) is 2. The van der Waals surface area contributed by atoms with Gasteiger partial charge in [0.2, 0.25) is 5.56 Å². The molecule has 0 spiro atoms. The minimum absolute atomic E-state index is 0.109. The molecule has 1 amide bonds. The van der Waals surface area contributed by atoms with Gasteiger partial charge in [0.25, 0.3) is 5.91 Å². The average molecular weight is 300 g/mol. The summed E-state index contributed by atoms with van der Waals surface area (Å²) in [5, 5.41) is 0. The average Bonchev–Trinajstić information content (AvgIpc) is 2.56. The smallest absolute Gasteiger partial charge is 0.267 e. The fourth-order valence-corrected chi connectivity index (χ4v) is 2.45. The monoisotopic (exact) mass is 300 g/mol.